The normalized spacial score (nSPS) is 11.1. The molecule has 120 valence electrons. The van der Waals surface area contributed by atoms with E-state index in [1.807, 2.05) is 36.4 Å². The molecule has 3 rings (SSSR count). The summed E-state index contributed by atoms with van der Waals surface area (Å²) < 4.78 is 32.2. The molecule has 0 aliphatic rings. The zero-order valence-corrected chi connectivity index (χ0v) is 13.3. The van der Waals surface area contributed by atoms with Crippen LogP contribution in [0, 0.1) is 11.3 Å². The van der Waals surface area contributed by atoms with E-state index in [1.165, 1.54) is 18.2 Å². The molecule has 2 aromatic carbocycles. The lowest BCUT2D eigenvalue weighted by molar-refractivity contribution is 0.422. The molecule has 0 unspecified atom stereocenters. The first-order valence-corrected chi connectivity index (χ1v) is 8.58. The highest BCUT2D eigenvalue weighted by Gasteiger charge is 2.15. The van der Waals surface area contributed by atoms with Gasteiger partial charge in [-0.3, -0.25) is 0 Å². The van der Waals surface area contributed by atoms with Crippen LogP contribution in [0.15, 0.2) is 70.1 Å². The van der Waals surface area contributed by atoms with Crippen LogP contribution in [0.4, 0.5) is 0 Å². The highest BCUT2D eigenvalue weighted by molar-refractivity contribution is 7.89. The van der Waals surface area contributed by atoms with Crippen molar-refractivity contribution in [3.63, 3.8) is 0 Å². The maximum absolute atomic E-state index is 12.3. The molecule has 0 aliphatic carbocycles. The Kier molecular flexibility index (Phi) is 4.42. The molecule has 7 heteroatoms. The number of hydrogen-bond donors (Lipinski definition) is 1. The van der Waals surface area contributed by atoms with Crippen molar-refractivity contribution in [2.24, 2.45) is 0 Å². The van der Waals surface area contributed by atoms with Gasteiger partial charge in [0.1, 0.15) is 0 Å². The van der Waals surface area contributed by atoms with Gasteiger partial charge < -0.3 is 4.52 Å². The van der Waals surface area contributed by atoms with Crippen molar-refractivity contribution >= 4 is 10.0 Å². The van der Waals surface area contributed by atoms with Gasteiger partial charge in [0.05, 0.1) is 28.8 Å². The Morgan fingerprint density at radius 2 is 1.88 bits per heavy atom. The molecule has 1 aromatic heterocycles. The zero-order valence-electron chi connectivity index (χ0n) is 12.5. The van der Waals surface area contributed by atoms with Crippen LogP contribution in [0.5, 0.6) is 0 Å². The fraction of sp³-hybridized carbons (Fsp3) is 0.0588. The molecule has 1 N–H and O–H groups in total. The minimum absolute atomic E-state index is 0.00452. The van der Waals surface area contributed by atoms with Gasteiger partial charge in [0.15, 0.2) is 5.76 Å². The second kappa shape index (κ2) is 6.66. The summed E-state index contributed by atoms with van der Waals surface area (Å²) >= 11 is 0. The maximum Gasteiger partial charge on any atom is 0.240 e. The Morgan fingerprint density at radius 1 is 1.08 bits per heavy atom. The van der Waals surface area contributed by atoms with Crippen LogP contribution in [-0.4, -0.2) is 13.6 Å². The van der Waals surface area contributed by atoms with Crippen molar-refractivity contribution in [1.29, 1.82) is 5.26 Å². The predicted molar refractivity (Wildman–Crippen MR) is 87.1 cm³/mol. The lowest BCUT2D eigenvalue weighted by Gasteiger charge is -2.05. The first-order chi connectivity index (χ1) is 11.6. The molecule has 24 heavy (non-hydrogen) atoms. The Labute approximate surface area is 139 Å². The number of rotatable bonds is 5. The number of sulfonamides is 1. The van der Waals surface area contributed by atoms with Gasteiger partial charge in [-0.05, 0) is 18.2 Å². The van der Waals surface area contributed by atoms with Crippen LogP contribution in [0.2, 0.25) is 0 Å². The lowest BCUT2D eigenvalue weighted by Crippen LogP contribution is -2.23. The van der Waals surface area contributed by atoms with E-state index in [0.717, 1.165) is 5.56 Å². The van der Waals surface area contributed by atoms with Crippen molar-refractivity contribution in [1.82, 2.24) is 9.88 Å². The van der Waals surface area contributed by atoms with E-state index in [9.17, 15) is 8.42 Å². The first-order valence-electron chi connectivity index (χ1n) is 7.09. The Hall–Kier alpha value is -2.95. The van der Waals surface area contributed by atoms with Gasteiger partial charge in [-0.2, -0.15) is 5.26 Å². The third-order valence-corrected chi connectivity index (χ3v) is 4.73. The van der Waals surface area contributed by atoms with Crippen LogP contribution in [0.3, 0.4) is 0 Å². The van der Waals surface area contributed by atoms with Crippen molar-refractivity contribution in [2.45, 2.75) is 11.4 Å². The second-order valence-corrected chi connectivity index (χ2v) is 6.78. The van der Waals surface area contributed by atoms with Gasteiger partial charge in [0.25, 0.3) is 0 Å². The van der Waals surface area contributed by atoms with Crippen LogP contribution in [-0.2, 0) is 16.6 Å². The van der Waals surface area contributed by atoms with Crippen LogP contribution < -0.4 is 4.72 Å². The number of aromatic nitrogens is 1. The predicted octanol–water partition coefficient (Wildman–Crippen LogP) is 2.69. The Bertz CT molecular complexity index is 989. The van der Waals surface area contributed by atoms with E-state index in [-0.39, 0.29) is 17.0 Å². The monoisotopic (exact) mass is 339 g/mol. The summed E-state index contributed by atoms with van der Waals surface area (Å²) in [6.07, 6.45) is 0. The zero-order chi connectivity index (χ0) is 17.0. The van der Waals surface area contributed by atoms with Crippen LogP contribution in [0.25, 0.3) is 11.3 Å². The topological polar surface area (TPSA) is 96.0 Å². The Morgan fingerprint density at radius 3 is 2.62 bits per heavy atom. The van der Waals surface area contributed by atoms with E-state index in [4.69, 9.17) is 9.78 Å². The molecule has 0 fully saturated rings. The lowest BCUT2D eigenvalue weighted by atomic mass is 10.2. The molecule has 0 atom stereocenters. The molecule has 3 aromatic rings. The van der Waals surface area contributed by atoms with Crippen molar-refractivity contribution < 1.29 is 12.9 Å². The smallest absolute Gasteiger partial charge is 0.240 e. The number of benzene rings is 2. The summed E-state index contributed by atoms with van der Waals surface area (Å²) in [6.45, 7) is -0.00452. The molecular weight excluding hydrogens is 326 g/mol. The molecule has 6 nitrogen and oxygen atoms in total. The van der Waals surface area contributed by atoms with E-state index in [2.05, 4.69) is 9.88 Å². The molecule has 1 heterocycles. The summed E-state index contributed by atoms with van der Waals surface area (Å²) in [7, 11) is -3.73. The first kappa shape index (κ1) is 15.9. The second-order valence-electron chi connectivity index (χ2n) is 5.01. The molecule has 0 saturated heterocycles. The number of nitriles is 1. The van der Waals surface area contributed by atoms with Gasteiger partial charge in [0.2, 0.25) is 10.0 Å². The van der Waals surface area contributed by atoms with Gasteiger partial charge in [-0.1, -0.05) is 41.6 Å². The Balaban J connectivity index is 1.74. The summed E-state index contributed by atoms with van der Waals surface area (Å²) in [5, 5.41) is 12.7. The number of hydrogen-bond acceptors (Lipinski definition) is 5. The SMILES string of the molecule is N#Cc1cccc(S(=O)(=O)NCc2cc(-c3ccccc3)on2)c1. The number of nitrogens with one attached hydrogen (secondary N) is 1. The van der Waals surface area contributed by atoms with E-state index in [0.29, 0.717) is 11.5 Å². The van der Waals surface area contributed by atoms with Gasteiger partial charge in [0, 0.05) is 11.6 Å². The van der Waals surface area contributed by atoms with E-state index in [1.54, 1.807) is 12.1 Å². The third kappa shape index (κ3) is 3.51. The van der Waals surface area contributed by atoms with Gasteiger partial charge in [-0.25, -0.2) is 13.1 Å². The minimum atomic E-state index is -3.73. The molecule has 0 amide bonds. The minimum Gasteiger partial charge on any atom is -0.356 e. The summed E-state index contributed by atoms with van der Waals surface area (Å²) in [4.78, 5) is 0.0355. The van der Waals surface area contributed by atoms with Crippen LogP contribution >= 0.6 is 0 Å². The largest absolute Gasteiger partial charge is 0.356 e. The highest BCUT2D eigenvalue weighted by Crippen LogP contribution is 2.20. The molecule has 0 radical (unpaired) electrons. The fourth-order valence-electron chi connectivity index (χ4n) is 2.12. The molecule has 0 saturated carbocycles. The average Bonchev–Trinajstić information content (AvgIpc) is 3.10. The summed E-state index contributed by atoms with van der Waals surface area (Å²) in [6, 6.07) is 18.8. The summed E-state index contributed by atoms with van der Waals surface area (Å²) in [5.41, 5.74) is 1.61. The fourth-order valence-corrected chi connectivity index (χ4v) is 3.16. The highest BCUT2D eigenvalue weighted by atomic mass is 32.2. The van der Waals surface area contributed by atoms with Crippen LogP contribution in [0.1, 0.15) is 11.3 Å². The third-order valence-electron chi connectivity index (χ3n) is 3.33. The molecular formula is C17H13N3O3S. The van der Waals surface area contributed by atoms with E-state index < -0.39 is 10.0 Å². The summed E-state index contributed by atoms with van der Waals surface area (Å²) in [5.74, 6) is 0.566. The standard InChI is InChI=1S/C17H13N3O3S/c18-11-13-5-4-8-16(9-13)24(21,22)19-12-15-10-17(23-20-15)14-6-2-1-3-7-14/h1-10,19H,12H2. The van der Waals surface area contributed by atoms with Crippen molar-refractivity contribution in [3.05, 3.63) is 71.9 Å². The quantitative estimate of drug-likeness (QED) is 0.771. The molecule has 0 spiro atoms. The van der Waals surface area contributed by atoms with Gasteiger partial charge >= 0.3 is 0 Å². The van der Waals surface area contributed by atoms with Gasteiger partial charge in [-0.15, -0.1) is 0 Å². The average molecular weight is 339 g/mol. The molecule has 0 aliphatic heterocycles. The molecule has 0 bridgehead atoms. The maximum atomic E-state index is 12.3. The van der Waals surface area contributed by atoms with Crippen molar-refractivity contribution in [2.75, 3.05) is 0 Å². The van der Waals surface area contributed by atoms with Crippen molar-refractivity contribution in [3.8, 4) is 17.4 Å². The number of nitrogens with zero attached hydrogens (tertiary/aromatic N) is 2. The van der Waals surface area contributed by atoms with E-state index >= 15 is 0 Å².